The van der Waals surface area contributed by atoms with Crippen LogP contribution in [0.1, 0.15) is 0 Å². The molecule has 0 spiro atoms. The smallest absolute Gasteiger partial charge is 0.160 e. The van der Waals surface area contributed by atoms with Crippen LogP contribution in [0.2, 0.25) is 0 Å². The van der Waals surface area contributed by atoms with Crippen LogP contribution >= 0.6 is 0 Å². The summed E-state index contributed by atoms with van der Waals surface area (Å²) in [6, 6.07) is 71.5. The second-order valence-electron chi connectivity index (χ2n) is 14.8. The Kier molecular flexibility index (Phi) is 8.15. The second-order valence-corrected chi connectivity index (χ2v) is 14.8. The summed E-state index contributed by atoms with van der Waals surface area (Å²) in [5, 5.41) is 10.1. The average molecular weight is 738 g/mol. The molecule has 0 saturated heterocycles. The molecule has 3 heteroatoms. The number of hydrogen-bond donors (Lipinski definition) is 0. The molecule has 58 heavy (non-hydrogen) atoms. The van der Waals surface area contributed by atoms with Crippen molar-refractivity contribution in [3.8, 4) is 67.3 Å². The summed E-state index contributed by atoms with van der Waals surface area (Å²) in [5.41, 5.74) is 11.5. The molecule has 0 N–H and O–H groups in total. The molecule has 0 unspecified atom stereocenters. The van der Waals surface area contributed by atoms with E-state index < -0.39 is 0 Å². The van der Waals surface area contributed by atoms with E-state index >= 15 is 0 Å². The summed E-state index contributed by atoms with van der Waals surface area (Å²) >= 11 is 0. The maximum atomic E-state index is 5.27. The molecule has 0 radical (unpaired) electrons. The van der Waals surface area contributed by atoms with Crippen LogP contribution in [0.25, 0.3) is 110 Å². The lowest BCUT2D eigenvalue weighted by Crippen LogP contribution is -1.96. The molecule has 0 amide bonds. The van der Waals surface area contributed by atoms with E-state index in [2.05, 4.69) is 199 Å². The summed E-state index contributed by atoms with van der Waals surface area (Å²) in [6.07, 6.45) is 3.70. The summed E-state index contributed by atoms with van der Waals surface area (Å²) in [4.78, 5) is 14.9. The molecular formula is C55H35N3. The lowest BCUT2D eigenvalue weighted by Gasteiger charge is -2.13. The van der Waals surface area contributed by atoms with Gasteiger partial charge in [0.2, 0.25) is 0 Å². The topological polar surface area (TPSA) is 38.7 Å². The average Bonchev–Trinajstić information content (AvgIpc) is 3.31. The Balaban J connectivity index is 1.04. The maximum absolute atomic E-state index is 5.27. The van der Waals surface area contributed by atoms with Gasteiger partial charge in [0.1, 0.15) is 0 Å². The number of rotatable bonds is 6. The van der Waals surface area contributed by atoms with Crippen LogP contribution in [0.4, 0.5) is 0 Å². The van der Waals surface area contributed by atoms with E-state index in [0.717, 1.165) is 50.3 Å². The molecule has 11 aromatic rings. The Labute approximate surface area is 336 Å². The summed E-state index contributed by atoms with van der Waals surface area (Å²) in [5.74, 6) is 0.677. The molecule has 2 heterocycles. The highest BCUT2D eigenvalue weighted by Crippen LogP contribution is 2.38. The highest BCUT2D eigenvalue weighted by molar-refractivity contribution is 6.25. The molecule has 0 saturated carbocycles. The van der Waals surface area contributed by atoms with Crippen LogP contribution in [0.5, 0.6) is 0 Å². The van der Waals surface area contributed by atoms with Gasteiger partial charge < -0.3 is 0 Å². The van der Waals surface area contributed by atoms with E-state index in [-0.39, 0.29) is 0 Å². The highest BCUT2D eigenvalue weighted by atomic mass is 14.9. The fourth-order valence-corrected chi connectivity index (χ4v) is 8.49. The van der Waals surface area contributed by atoms with Crippen LogP contribution in [-0.2, 0) is 0 Å². The van der Waals surface area contributed by atoms with E-state index in [1.165, 1.54) is 54.2 Å². The van der Waals surface area contributed by atoms with Gasteiger partial charge in [-0.3, -0.25) is 4.98 Å². The first-order valence-corrected chi connectivity index (χ1v) is 19.7. The Morgan fingerprint density at radius 2 is 0.776 bits per heavy atom. The van der Waals surface area contributed by atoms with Crippen molar-refractivity contribution in [1.82, 2.24) is 15.0 Å². The van der Waals surface area contributed by atoms with Crippen molar-refractivity contribution in [3.05, 3.63) is 213 Å². The fraction of sp³-hybridized carbons (Fsp3) is 0. The number of pyridine rings is 1. The van der Waals surface area contributed by atoms with Crippen molar-refractivity contribution >= 4 is 43.1 Å². The first kappa shape index (κ1) is 33.6. The predicted octanol–water partition coefficient (Wildman–Crippen LogP) is 14.5. The SMILES string of the molecule is c1cncc(-c2cccc(-c3cc(-c4ccc(-c5cccc6ccccc56)cc4)nc(-c4cccc(-c5ccc6c7ccccc7c7ccccc7c6c5)c4)n3)c2)c1. The van der Waals surface area contributed by atoms with E-state index in [0.29, 0.717) is 5.82 Å². The van der Waals surface area contributed by atoms with Gasteiger partial charge >= 0.3 is 0 Å². The first-order valence-electron chi connectivity index (χ1n) is 19.7. The van der Waals surface area contributed by atoms with Crippen LogP contribution in [0.15, 0.2) is 213 Å². The molecule has 0 bridgehead atoms. The molecule has 0 aliphatic heterocycles. The molecule has 270 valence electrons. The minimum atomic E-state index is 0.677. The highest BCUT2D eigenvalue weighted by Gasteiger charge is 2.15. The van der Waals surface area contributed by atoms with Crippen molar-refractivity contribution in [2.75, 3.05) is 0 Å². The Bertz CT molecular complexity index is 3290. The third-order valence-corrected chi connectivity index (χ3v) is 11.4. The maximum Gasteiger partial charge on any atom is 0.160 e. The lowest BCUT2D eigenvalue weighted by atomic mass is 9.92. The van der Waals surface area contributed by atoms with Crippen LogP contribution < -0.4 is 0 Å². The molecule has 0 fully saturated rings. The predicted molar refractivity (Wildman–Crippen MR) is 242 cm³/mol. The monoisotopic (exact) mass is 737 g/mol. The van der Waals surface area contributed by atoms with Crippen molar-refractivity contribution < 1.29 is 0 Å². The number of aromatic nitrogens is 3. The van der Waals surface area contributed by atoms with Crippen molar-refractivity contribution in [1.29, 1.82) is 0 Å². The number of fused-ring (bicyclic) bond motifs is 7. The molecule has 9 aromatic carbocycles. The molecule has 0 atom stereocenters. The molecule has 2 aromatic heterocycles. The van der Waals surface area contributed by atoms with E-state index in [4.69, 9.17) is 9.97 Å². The third kappa shape index (κ3) is 5.98. The van der Waals surface area contributed by atoms with Gasteiger partial charge in [0.05, 0.1) is 11.4 Å². The zero-order valence-electron chi connectivity index (χ0n) is 31.5. The molecule has 11 rings (SSSR count). The fourth-order valence-electron chi connectivity index (χ4n) is 8.49. The molecule has 0 aliphatic rings. The molecule has 3 nitrogen and oxygen atoms in total. The minimum Gasteiger partial charge on any atom is -0.264 e. The molecular weight excluding hydrogens is 703 g/mol. The van der Waals surface area contributed by atoms with Crippen LogP contribution in [-0.4, -0.2) is 15.0 Å². The normalized spacial score (nSPS) is 11.4. The lowest BCUT2D eigenvalue weighted by molar-refractivity contribution is 1.18. The third-order valence-electron chi connectivity index (χ3n) is 11.4. The van der Waals surface area contributed by atoms with Gasteiger partial charge in [-0.05, 0) is 101 Å². The van der Waals surface area contributed by atoms with E-state index in [9.17, 15) is 0 Å². The van der Waals surface area contributed by atoms with E-state index in [1.807, 2.05) is 12.3 Å². The number of hydrogen-bond acceptors (Lipinski definition) is 3. The standard InChI is InChI=1S/C55H35N3/c1-2-18-45-36(11-1)12-9-23-46(45)37-24-26-38(27-25-37)53-34-54(42-15-7-14-40(31-42)44-17-10-30-56-35-44)58-55(57-53)43-16-8-13-39(32-43)41-28-29-51-49-21-4-3-19-47(49)48-20-5-6-22-50(48)52(51)33-41/h1-35H. The first-order chi connectivity index (χ1) is 28.7. The van der Waals surface area contributed by atoms with Gasteiger partial charge in [0.25, 0.3) is 0 Å². The Hall–Kier alpha value is -7.75. The van der Waals surface area contributed by atoms with Gasteiger partial charge in [-0.15, -0.1) is 0 Å². The van der Waals surface area contributed by atoms with Crippen LogP contribution in [0, 0.1) is 0 Å². The van der Waals surface area contributed by atoms with Gasteiger partial charge in [0.15, 0.2) is 5.82 Å². The zero-order valence-corrected chi connectivity index (χ0v) is 31.5. The Morgan fingerprint density at radius 1 is 0.276 bits per heavy atom. The number of nitrogens with zero attached hydrogens (tertiary/aromatic N) is 3. The van der Waals surface area contributed by atoms with Gasteiger partial charge in [-0.1, -0.05) is 170 Å². The summed E-state index contributed by atoms with van der Waals surface area (Å²) < 4.78 is 0. The molecule has 0 aliphatic carbocycles. The largest absolute Gasteiger partial charge is 0.264 e. The van der Waals surface area contributed by atoms with Crippen molar-refractivity contribution in [2.45, 2.75) is 0 Å². The minimum absolute atomic E-state index is 0.677. The van der Waals surface area contributed by atoms with Gasteiger partial charge in [-0.2, -0.15) is 0 Å². The summed E-state index contributed by atoms with van der Waals surface area (Å²) in [6.45, 7) is 0. The second kappa shape index (κ2) is 14.1. The zero-order chi connectivity index (χ0) is 38.4. The van der Waals surface area contributed by atoms with Crippen LogP contribution in [0.3, 0.4) is 0 Å². The van der Waals surface area contributed by atoms with Crippen molar-refractivity contribution in [2.24, 2.45) is 0 Å². The van der Waals surface area contributed by atoms with Gasteiger partial charge in [-0.25, -0.2) is 9.97 Å². The van der Waals surface area contributed by atoms with Crippen molar-refractivity contribution in [3.63, 3.8) is 0 Å². The Morgan fingerprint density at radius 3 is 1.50 bits per heavy atom. The summed E-state index contributed by atoms with van der Waals surface area (Å²) in [7, 11) is 0. The number of benzene rings is 9. The quantitative estimate of drug-likeness (QED) is 0.160. The van der Waals surface area contributed by atoms with Gasteiger partial charge in [0, 0.05) is 34.6 Å². The van der Waals surface area contributed by atoms with E-state index in [1.54, 1.807) is 6.20 Å².